The van der Waals surface area contributed by atoms with E-state index < -0.39 is 0 Å². The lowest BCUT2D eigenvalue weighted by Crippen LogP contribution is -2.48. The van der Waals surface area contributed by atoms with Gasteiger partial charge in [0.25, 0.3) is 0 Å². The molecule has 124 valence electrons. The van der Waals surface area contributed by atoms with E-state index in [2.05, 4.69) is 39.7 Å². The molecular weight excluding hydrogens is 266 g/mol. The van der Waals surface area contributed by atoms with Crippen molar-refractivity contribution >= 4 is 11.9 Å². The van der Waals surface area contributed by atoms with E-state index in [0.29, 0.717) is 5.96 Å². The number of guanidine groups is 1. The number of carbonyl (C=O) groups is 1. The molecule has 0 aliphatic heterocycles. The van der Waals surface area contributed by atoms with Gasteiger partial charge in [0.1, 0.15) is 0 Å². The first-order chi connectivity index (χ1) is 9.82. The average Bonchev–Trinajstić information content (AvgIpc) is 2.40. The molecule has 0 aromatic heterocycles. The lowest BCUT2D eigenvalue weighted by molar-refractivity contribution is -0.121. The van der Waals surface area contributed by atoms with Gasteiger partial charge in [0, 0.05) is 19.1 Å². The Kier molecular flexibility index (Phi) is 9.78. The Balaban J connectivity index is 3.90. The van der Waals surface area contributed by atoms with Crippen molar-refractivity contribution in [3.63, 3.8) is 0 Å². The first-order valence-corrected chi connectivity index (χ1v) is 7.80. The van der Waals surface area contributed by atoms with E-state index in [1.165, 1.54) is 0 Å². The Morgan fingerprint density at radius 1 is 1.14 bits per heavy atom. The normalized spacial score (nSPS) is 12.4. The van der Waals surface area contributed by atoms with Crippen LogP contribution in [0.4, 0.5) is 0 Å². The minimum absolute atomic E-state index is 0.0337. The Hall–Kier alpha value is -1.30. The van der Waals surface area contributed by atoms with Gasteiger partial charge in [-0.05, 0) is 46.8 Å². The van der Waals surface area contributed by atoms with Gasteiger partial charge in [-0.3, -0.25) is 9.79 Å². The molecular formula is C15H33N5O. The molecule has 6 nitrogen and oxygen atoms in total. The molecule has 0 unspecified atom stereocenters. The zero-order valence-corrected chi connectivity index (χ0v) is 14.5. The van der Waals surface area contributed by atoms with Crippen LogP contribution in [0, 0.1) is 0 Å². The summed E-state index contributed by atoms with van der Waals surface area (Å²) >= 11 is 0. The number of aliphatic imine (C=N–C) groups is 1. The van der Waals surface area contributed by atoms with Crippen LogP contribution in [0.1, 0.15) is 41.0 Å². The van der Waals surface area contributed by atoms with E-state index >= 15 is 0 Å². The molecule has 0 bridgehead atoms. The molecule has 0 saturated carbocycles. The number of hydrogen-bond acceptors (Lipinski definition) is 3. The van der Waals surface area contributed by atoms with Crippen LogP contribution in [0.25, 0.3) is 0 Å². The Morgan fingerprint density at radius 2 is 1.76 bits per heavy atom. The third-order valence-electron chi connectivity index (χ3n) is 2.99. The molecule has 3 N–H and O–H groups in total. The monoisotopic (exact) mass is 299 g/mol. The summed E-state index contributed by atoms with van der Waals surface area (Å²) in [6.07, 6.45) is 1.05. The summed E-state index contributed by atoms with van der Waals surface area (Å²) in [5.74, 6) is 0.632. The minimum Gasteiger partial charge on any atom is -0.356 e. The molecule has 0 spiro atoms. The Bertz CT molecular complexity index is 319. The quantitative estimate of drug-likeness (QED) is 0.352. The molecule has 0 heterocycles. The molecule has 0 aromatic rings. The van der Waals surface area contributed by atoms with Crippen LogP contribution in [0.3, 0.4) is 0 Å². The molecule has 21 heavy (non-hydrogen) atoms. The van der Waals surface area contributed by atoms with Crippen LogP contribution < -0.4 is 16.0 Å². The van der Waals surface area contributed by atoms with Crippen LogP contribution >= 0.6 is 0 Å². The predicted molar refractivity (Wildman–Crippen MR) is 89.7 cm³/mol. The number of hydrogen-bond donors (Lipinski definition) is 3. The van der Waals surface area contributed by atoms with Gasteiger partial charge in [0.2, 0.25) is 5.91 Å². The number of rotatable bonds is 8. The number of amides is 1. The minimum atomic E-state index is -0.209. The Morgan fingerprint density at radius 3 is 2.24 bits per heavy atom. The summed E-state index contributed by atoms with van der Waals surface area (Å²) in [4.78, 5) is 18.2. The van der Waals surface area contributed by atoms with Crippen molar-refractivity contribution in [3.8, 4) is 0 Å². The van der Waals surface area contributed by atoms with Crippen LogP contribution in [0.5, 0.6) is 0 Å². The highest BCUT2D eigenvalue weighted by molar-refractivity contribution is 5.86. The second-order valence-electron chi connectivity index (χ2n) is 6.03. The third-order valence-corrected chi connectivity index (χ3v) is 2.99. The van der Waals surface area contributed by atoms with Gasteiger partial charge in [-0.25, -0.2) is 0 Å². The lowest BCUT2D eigenvalue weighted by atomic mass is 10.1. The zero-order chi connectivity index (χ0) is 16.3. The molecule has 0 fully saturated rings. The van der Waals surface area contributed by atoms with E-state index in [1.54, 1.807) is 7.05 Å². The third kappa shape index (κ3) is 11.1. The molecule has 0 atom stereocenters. The van der Waals surface area contributed by atoms with Crippen molar-refractivity contribution < 1.29 is 4.79 Å². The molecule has 0 aliphatic carbocycles. The van der Waals surface area contributed by atoms with Gasteiger partial charge in [-0.2, -0.15) is 0 Å². The van der Waals surface area contributed by atoms with E-state index in [4.69, 9.17) is 0 Å². The lowest BCUT2D eigenvalue weighted by Gasteiger charge is -2.21. The topological polar surface area (TPSA) is 68.8 Å². The summed E-state index contributed by atoms with van der Waals surface area (Å²) in [6, 6.07) is 0. The van der Waals surface area contributed by atoms with E-state index in [-0.39, 0.29) is 18.0 Å². The predicted octanol–water partition coefficient (Wildman–Crippen LogP) is 0.798. The van der Waals surface area contributed by atoms with Crippen LogP contribution in [-0.4, -0.2) is 62.1 Å². The highest BCUT2D eigenvalue weighted by atomic mass is 16.2. The second kappa shape index (κ2) is 10.4. The SMILES string of the molecule is CCN(CC)CCCNC(=NC)NCC(=O)NC(C)(C)C. The van der Waals surface area contributed by atoms with Crippen molar-refractivity contribution in [2.75, 3.05) is 39.8 Å². The van der Waals surface area contributed by atoms with Crippen molar-refractivity contribution in [2.24, 2.45) is 4.99 Å². The van der Waals surface area contributed by atoms with Gasteiger partial charge in [-0.1, -0.05) is 13.8 Å². The van der Waals surface area contributed by atoms with Crippen molar-refractivity contribution in [1.82, 2.24) is 20.9 Å². The molecule has 0 aromatic carbocycles. The number of nitrogens with one attached hydrogen (secondary N) is 3. The fourth-order valence-corrected chi connectivity index (χ4v) is 1.90. The molecule has 0 saturated heterocycles. The first-order valence-electron chi connectivity index (χ1n) is 7.80. The molecule has 0 radical (unpaired) electrons. The van der Waals surface area contributed by atoms with Crippen LogP contribution in [0.2, 0.25) is 0 Å². The van der Waals surface area contributed by atoms with E-state index in [0.717, 1.165) is 32.6 Å². The van der Waals surface area contributed by atoms with Gasteiger partial charge in [-0.15, -0.1) is 0 Å². The smallest absolute Gasteiger partial charge is 0.239 e. The standard InChI is InChI=1S/C15H33N5O/c1-7-20(8-2)11-9-10-17-14(16-6)18-12-13(21)19-15(3,4)5/h7-12H2,1-6H3,(H,19,21)(H2,16,17,18). The Labute approximate surface area is 129 Å². The molecule has 0 rings (SSSR count). The van der Waals surface area contributed by atoms with Gasteiger partial charge in [0.15, 0.2) is 5.96 Å². The largest absolute Gasteiger partial charge is 0.356 e. The van der Waals surface area contributed by atoms with E-state index in [9.17, 15) is 4.79 Å². The summed E-state index contributed by atoms with van der Waals surface area (Å²) in [5, 5.41) is 9.15. The maximum Gasteiger partial charge on any atom is 0.239 e. The highest BCUT2D eigenvalue weighted by Gasteiger charge is 2.13. The molecule has 6 heteroatoms. The fraction of sp³-hybridized carbons (Fsp3) is 0.867. The van der Waals surface area contributed by atoms with Gasteiger partial charge in [0.05, 0.1) is 6.54 Å². The highest BCUT2D eigenvalue weighted by Crippen LogP contribution is 1.97. The summed E-state index contributed by atoms with van der Waals surface area (Å²) < 4.78 is 0. The number of nitrogens with zero attached hydrogens (tertiary/aromatic N) is 2. The fourth-order valence-electron chi connectivity index (χ4n) is 1.90. The average molecular weight is 299 g/mol. The first kappa shape index (κ1) is 19.7. The summed E-state index contributed by atoms with van der Waals surface area (Å²) in [6.45, 7) is 14.5. The summed E-state index contributed by atoms with van der Waals surface area (Å²) in [5.41, 5.74) is -0.209. The van der Waals surface area contributed by atoms with Crippen LogP contribution in [0.15, 0.2) is 4.99 Å². The van der Waals surface area contributed by atoms with Gasteiger partial charge < -0.3 is 20.9 Å². The van der Waals surface area contributed by atoms with Gasteiger partial charge >= 0.3 is 0 Å². The van der Waals surface area contributed by atoms with Crippen molar-refractivity contribution in [2.45, 2.75) is 46.6 Å². The van der Waals surface area contributed by atoms with Crippen molar-refractivity contribution in [3.05, 3.63) is 0 Å². The maximum atomic E-state index is 11.7. The molecule has 1 amide bonds. The molecule has 0 aliphatic rings. The number of carbonyl (C=O) groups excluding carboxylic acids is 1. The summed E-state index contributed by atoms with van der Waals surface area (Å²) in [7, 11) is 1.71. The zero-order valence-electron chi connectivity index (χ0n) is 14.5. The van der Waals surface area contributed by atoms with Crippen LogP contribution in [-0.2, 0) is 4.79 Å². The second-order valence-corrected chi connectivity index (χ2v) is 6.03. The van der Waals surface area contributed by atoms with E-state index in [1.807, 2.05) is 20.8 Å². The maximum absolute atomic E-state index is 11.7. The van der Waals surface area contributed by atoms with Crippen molar-refractivity contribution in [1.29, 1.82) is 0 Å².